The maximum Gasteiger partial charge on any atom is 0.308 e. The summed E-state index contributed by atoms with van der Waals surface area (Å²) in [5.41, 5.74) is 1.12. The molecule has 0 spiro atoms. The van der Waals surface area contributed by atoms with Crippen LogP contribution in [0.25, 0.3) is 0 Å². The summed E-state index contributed by atoms with van der Waals surface area (Å²) >= 11 is 0. The molecule has 0 bridgehead atoms. The first-order valence-electron chi connectivity index (χ1n) is 5.49. The highest BCUT2D eigenvalue weighted by Gasteiger charge is 2.21. The number of carbonyl (C=O) groups excluding carboxylic acids is 1. The molecule has 0 aliphatic heterocycles. The fraction of sp³-hybridized carbons (Fsp3) is 0.545. The SMILES string of the molecule is CCN(CC(C)C(=O)O)C(=O)c1cc(C)[nH]n1. The van der Waals surface area contributed by atoms with Crippen molar-refractivity contribution in [2.45, 2.75) is 20.8 Å². The van der Waals surface area contributed by atoms with Gasteiger partial charge in [0.15, 0.2) is 0 Å². The molecule has 1 atom stereocenters. The average molecular weight is 239 g/mol. The van der Waals surface area contributed by atoms with Crippen molar-refractivity contribution >= 4 is 11.9 Å². The highest BCUT2D eigenvalue weighted by atomic mass is 16.4. The summed E-state index contributed by atoms with van der Waals surface area (Å²) in [6.07, 6.45) is 0. The van der Waals surface area contributed by atoms with Crippen LogP contribution in [0.3, 0.4) is 0 Å². The summed E-state index contributed by atoms with van der Waals surface area (Å²) in [7, 11) is 0. The van der Waals surface area contributed by atoms with Crippen LogP contribution in [0.5, 0.6) is 0 Å². The molecule has 0 aliphatic rings. The highest BCUT2D eigenvalue weighted by Crippen LogP contribution is 2.07. The lowest BCUT2D eigenvalue weighted by molar-refractivity contribution is -0.141. The van der Waals surface area contributed by atoms with Crippen molar-refractivity contribution in [2.24, 2.45) is 5.92 Å². The molecule has 17 heavy (non-hydrogen) atoms. The first kappa shape index (κ1) is 13.2. The minimum absolute atomic E-state index is 0.191. The zero-order chi connectivity index (χ0) is 13.0. The summed E-state index contributed by atoms with van der Waals surface area (Å²) in [5, 5.41) is 15.4. The molecule has 0 saturated carbocycles. The number of aromatic amines is 1. The van der Waals surface area contributed by atoms with Gasteiger partial charge in [0, 0.05) is 18.8 Å². The normalized spacial score (nSPS) is 12.2. The van der Waals surface area contributed by atoms with Crippen LogP contribution < -0.4 is 0 Å². The number of rotatable bonds is 5. The van der Waals surface area contributed by atoms with Gasteiger partial charge in [0.25, 0.3) is 5.91 Å². The molecule has 1 rings (SSSR count). The standard InChI is InChI=1S/C11H17N3O3/c1-4-14(6-7(2)11(16)17)10(15)9-5-8(3)12-13-9/h5,7H,4,6H2,1-3H3,(H,12,13)(H,16,17). The molecule has 2 N–H and O–H groups in total. The van der Waals surface area contributed by atoms with Gasteiger partial charge in [-0.25, -0.2) is 0 Å². The lowest BCUT2D eigenvalue weighted by atomic mass is 10.1. The summed E-state index contributed by atoms with van der Waals surface area (Å²) in [6.45, 7) is 5.85. The van der Waals surface area contributed by atoms with Crippen molar-refractivity contribution in [2.75, 3.05) is 13.1 Å². The van der Waals surface area contributed by atoms with Crippen LogP contribution in [0.1, 0.15) is 30.0 Å². The summed E-state index contributed by atoms with van der Waals surface area (Å²) in [5.74, 6) is -1.74. The fourth-order valence-corrected chi connectivity index (χ4v) is 1.45. The fourth-order valence-electron chi connectivity index (χ4n) is 1.45. The third kappa shape index (κ3) is 3.30. The predicted octanol–water partition coefficient (Wildman–Crippen LogP) is 0.901. The molecule has 1 unspecified atom stereocenters. The van der Waals surface area contributed by atoms with E-state index in [2.05, 4.69) is 10.2 Å². The zero-order valence-corrected chi connectivity index (χ0v) is 10.2. The minimum Gasteiger partial charge on any atom is -0.481 e. The van der Waals surface area contributed by atoms with E-state index in [-0.39, 0.29) is 12.5 Å². The van der Waals surface area contributed by atoms with Crippen molar-refractivity contribution in [1.82, 2.24) is 15.1 Å². The van der Waals surface area contributed by atoms with Crippen molar-refractivity contribution in [3.8, 4) is 0 Å². The van der Waals surface area contributed by atoms with E-state index >= 15 is 0 Å². The van der Waals surface area contributed by atoms with Crippen molar-refractivity contribution in [3.05, 3.63) is 17.5 Å². The van der Waals surface area contributed by atoms with E-state index in [0.29, 0.717) is 12.2 Å². The Labute approximate surface area is 99.6 Å². The second kappa shape index (κ2) is 5.47. The number of aliphatic carboxylic acids is 1. The molecular weight excluding hydrogens is 222 g/mol. The molecule has 1 amide bonds. The molecule has 1 aromatic heterocycles. The monoisotopic (exact) mass is 239 g/mol. The van der Waals surface area contributed by atoms with E-state index in [4.69, 9.17) is 5.11 Å². The highest BCUT2D eigenvalue weighted by molar-refractivity contribution is 5.92. The smallest absolute Gasteiger partial charge is 0.308 e. The Balaban J connectivity index is 2.74. The van der Waals surface area contributed by atoms with Crippen molar-refractivity contribution < 1.29 is 14.7 Å². The number of hydrogen-bond acceptors (Lipinski definition) is 3. The largest absolute Gasteiger partial charge is 0.481 e. The second-order valence-electron chi connectivity index (χ2n) is 4.02. The van der Waals surface area contributed by atoms with Crippen LogP contribution in [0.4, 0.5) is 0 Å². The molecule has 0 fully saturated rings. The maximum atomic E-state index is 12.0. The molecule has 1 aromatic rings. The molecule has 6 nitrogen and oxygen atoms in total. The number of aromatic nitrogens is 2. The third-order valence-electron chi connectivity index (χ3n) is 2.51. The van der Waals surface area contributed by atoms with Gasteiger partial charge in [-0.15, -0.1) is 0 Å². The van der Waals surface area contributed by atoms with Crippen LogP contribution >= 0.6 is 0 Å². The van der Waals surface area contributed by atoms with Crippen LogP contribution in [-0.4, -0.2) is 45.2 Å². The Bertz CT molecular complexity index is 414. The van der Waals surface area contributed by atoms with Crippen LogP contribution in [-0.2, 0) is 4.79 Å². The molecule has 1 heterocycles. The van der Waals surface area contributed by atoms with Gasteiger partial charge >= 0.3 is 5.97 Å². The number of hydrogen-bond donors (Lipinski definition) is 2. The number of nitrogens with one attached hydrogen (secondary N) is 1. The number of amides is 1. The van der Waals surface area contributed by atoms with Gasteiger partial charge in [0.1, 0.15) is 5.69 Å². The maximum absolute atomic E-state index is 12.0. The van der Waals surface area contributed by atoms with Crippen molar-refractivity contribution in [1.29, 1.82) is 0 Å². The Hall–Kier alpha value is -1.85. The first-order chi connectivity index (χ1) is 7.95. The molecule has 0 aromatic carbocycles. The van der Waals surface area contributed by atoms with Gasteiger partial charge in [-0.3, -0.25) is 14.7 Å². The lowest BCUT2D eigenvalue weighted by Crippen LogP contribution is -2.36. The van der Waals surface area contributed by atoms with Gasteiger partial charge in [-0.1, -0.05) is 6.92 Å². The van der Waals surface area contributed by atoms with E-state index in [1.807, 2.05) is 6.92 Å². The van der Waals surface area contributed by atoms with Crippen LogP contribution in [0, 0.1) is 12.8 Å². The second-order valence-corrected chi connectivity index (χ2v) is 4.02. The summed E-state index contributed by atoms with van der Waals surface area (Å²) < 4.78 is 0. The molecular formula is C11H17N3O3. The molecule has 0 aliphatic carbocycles. The van der Waals surface area contributed by atoms with E-state index in [1.165, 1.54) is 4.90 Å². The molecule has 0 radical (unpaired) electrons. The number of nitrogens with zero attached hydrogens (tertiary/aromatic N) is 2. The van der Waals surface area contributed by atoms with Gasteiger partial charge < -0.3 is 10.0 Å². The Kier molecular flexibility index (Phi) is 4.25. The van der Waals surface area contributed by atoms with Gasteiger partial charge in [-0.2, -0.15) is 5.10 Å². The number of carbonyl (C=O) groups is 2. The average Bonchev–Trinajstić information content (AvgIpc) is 2.71. The first-order valence-corrected chi connectivity index (χ1v) is 5.49. The summed E-state index contributed by atoms with van der Waals surface area (Å²) in [4.78, 5) is 24.2. The van der Waals surface area contributed by atoms with E-state index in [0.717, 1.165) is 5.69 Å². The van der Waals surface area contributed by atoms with E-state index in [9.17, 15) is 9.59 Å². The van der Waals surface area contributed by atoms with Crippen molar-refractivity contribution in [3.63, 3.8) is 0 Å². The quantitative estimate of drug-likeness (QED) is 0.799. The van der Waals surface area contributed by atoms with Gasteiger partial charge in [-0.05, 0) is 19.9 Å². The molecule has 6 heteroatoms. The number of aryl methyl sites for hydroxylation is 1. The number of carboxylic acid groups (broad SMARTS) is 1. The minimum atomic E-state index is -0.908. The Morgan fingerprint density at radius 2 is 2.24 bits per heavy atom. The predicted molar refractivity (Wildman–Crippen MR) is 61.7 cm³/mol. The Morgan fingerprint density at radius 3 is 2.65 bits per heavy atom. The number of H-pyrrole nitrogens is 1. The zero-order valence-electron chi connectivity index (χ0n) is 10.2. The van der Waals surface area contributed by atoms with E-state index < -0.39 is 11.9 Å². The third-order valence-corrected chi connectivity index (χ3v) is 2.51. The Morgan fingerprint density at radius 1 is 1.59 bits per heavy atom. The van der Waals surface area contributed by atoms with Gasteiger partial charge in [0.2, 0.25) is 0 Å². The summed E-state index contributed by atoms with van der Waals surface area (Å²) in [6, 6.07) is 1.65. The van der Waals surface area contributed by atoms with E-state index in [1.54, 1.807) is 19.9 Å². The van der Waals surface area contributed by atoms with Crippen LogP contribution in [0.15, 0.2) is 6.07 Å². The van der Waals surface area contributed by atoms with Crippen LogP contribution in [0.2, 0.25) is 0 Å². The molecule has 0 saturated heterocycles. The molecule has 94 valence electrons. The van der Waals surface area contributed by atoms with Gasteiger partial charge in [0.05, 0.1) is 5.92 Å². The number of carboxylic acids is 1. The topological polar surface area (TPSA) is 86.3 Å². The lowest BCUT2D eigenvalue weighted by Gasteiger charge is -2.21.